The SMILES string of the molecule is CSc1ncc(Br)cc1C.Cc1cc(B2OC(C)(C)C(C)(C)O2)cnc1S(C)(=O)=O.Cc1cc(Br)cnc1F.Cc1cc(Br)cnc1S(C)(=O)=O.[B][B]B([B])B(B([B])[B])B(B(B([B])[B])B([B])[B])B(B([B])[B])B([B])[B]. The number of aromatic nitrogens is 4. The third-order valence-corrected chi connectivity index (χ3v) is 16.0. The van der Waals surface area contributed by atoms with Crippen molar-refractivity contribution >= 4 is 256 Å². The maximum absolute atomic E-state index is 12.4. The summed E-state index contributed by atoms with van der Waals surface area (Å²) in [6, 6.07) is 7.23. The first-order valence-corrected chi connectivity index (χ1v) is 29.8. The molecule has 347 valence electrons. The van der Waals surface area contributed by atoms with Gasteiger partial charge in [-0.3, -0.25) is 0 Å². The molecule has 1 saturated heterocycles. The average molecular weight is 1200 g/mol. The van der Waals surface area contributed by atoms with Gasteiger partial charge in [-0.2, -0.15) is 4.39 Å². The second-order valence-electron chi connectivity index (χ2n) is 18.5. The van der Waals surface area contributed by atoms with E-state index in [-0.39, 0.29) is 10.1 Å². The van der Waals surface area contributed by atoms with Gasteiger partial charge in [-0.1, -0.05) is 6.07 Å². The van der Waals surface area contributed by atoms with Gasteiger partial charge in [0.25, 0.3) is 0 Å². The number of thioether (sulfide) groups is 1. The summed E-state index contributed by atoms with van der Waals surface area (Å²) in [5, 5.41) is 1.34. The molecule has 4 aromatic heterocycles. The van der Waals surface area contributed by atoms with Crippen molar-refractivity contribution in [1.82, 2.24) is 19.9 Å². The normalized spacial score (nSPS) is 13.0. The number of halogens is 4. The molecular weight excluding hydrogens is 1160 g/mol. The highest BCUT2D eigenvalue weighted by molar-refractivity contribution is 9.11. The lowest BCUT2D eigenvalue weighted by atomic mass is 8.36. The van der Waals surface area contributed by atoms with Crippen LogP contribution in [-0.4, -0.2) is 238 Å². The summed E-state index contributed by atoms with van der Waals surface area (Å²) in [4.78, 5) is 15.5. The summed E-state index contributed by atoms with van der Waals surface area (Å²) in [7, 11) is 64.3. The van der Waals surface area contributed by atoms with Gasteiger partial charge in [-0.05, 0) is 144 Å². The minimum Gasteiger partial charge on any atom is -0.399 e. The molecule has 0 saturated carbocycles. The molecule has 4 aromatic rings. The Labute approximate surface area is 492 Å². The zero-order valence-electron chi connectivity index (χ0n) is 43.5. The Hall–Kier alpha value is -0.302. The van der Waals surface area contributed by atoms with Crippen molar-refractivity contribution < 1.29 is 30.5 Å². The van der Waals surface area contributed by atoms with Crippen LogP contribution < -0.4 is 5.46 Å². The molecule has 0 spiro atoms. The fourth-order valence-corrected chi connectivity index (χ4v) is 11.1. The number of aryl methyl sites for hydroxylation is 4. The number of hydrogen-bond donors (Lipinski definition) is 0. The third-order valence-electron chi connectivity index (χ3n) is 11.7. The van der Waals surface area contributed by atoms with E-state index in [4.69, 9.17) is 102 Å². The molecular formula is C33H41B24Br3FN4O6S3. The van der Waals surface area contributed by atoms with Gasteiger partial charge >= 0.3 is 7.12 Å². The van der Waals surface area contributed by atoms with E-state index in [0.717, 1.165) is 36.4 Å². The van der Waals surface area contributed by atoms with Gasteiger partial charge in [0.05, 0.1) is 16.2 Å². The Morgan fingerprint density at radius 2 is 0.919 bits per heavy atom. The van der Waals surface area contributed by atoms with Crippen molar-refractivity contribution in [1.29, 1.82) is 0 Å². The highest BCUT2D eigenvalue weighted by atomic mass is 79.9. The van der Waals surface area contributed by atoms with Gasteiger partial charge in [0, 0.05) is 226 Å². The minimum absolute atomic E-state index is 0.0952. The van der Waals surface area contributed by atoms with Crippen LogP contribution in [0.15, 0.2) is 77.5 Å². The van der Waals surface area contributed by atoms with Gasteiger partial charge in [0.15, 0.2) is 29.7 Å². The van der Waals surface area contributed by atoms with Gasteiger partial charge in [-0.25, -0.2) is 36.8 Å². The standard InChI is InChI=1S/C13H20BNO4S.C7H8BrNO2S.C7H8BrNS.C6H5BrFN.B23/c1-9-7-10(8-15-11(9)20(6,16)17)14-18-12(2,3)13(4,5)19-14;1-5-3-6(8)4-9-7(5)12(2,10)11;1-5-3-6(8)4-9-7(5)10-2;1-4-2-5(7)3-9-6(4)8;1-13-19(12)22(18(10)11)23(20(14(2)3)15(4)5)21(16(6)7)17(8)9/h7-8H,1-6H3;3-4H,1-2H3;3-4H,1-2H3;2-3H,1H3;. The fraction of sp³-hybridized carbons (Fsp3) is 0.394. The topological polar surface area (TPSA) is 138 Å². The number of nitrogens with zero attached hydrogens (tertiary/aromatic N) is 4. The van der Waals surface area contributed by atoms with Crippen molar-refractivity contribution in [2.45, 2.75) is 81.7 Å². The molecule has 10 nitrogen and oxygen atoms in total. The monoisotopic (exact) mass is 1210 g/mol. The molecule has 0 bridgehead atoms. The molecule has 0 unspecified atom stereocenters. The Balaban J connectivity index is 0.000000484. The Morgan fingerprint density at radius 1 is 0.568 bits per heavy atom. The maximum Gasteiger partial charge on any atom is 0.496 e. The average Bonchev–Trinajstić information content (AvgIpc) is 3.47. The molecule has 1 fully saturated rings. The number of sulfone groups is 2. The maximum atomic E-state index is 12.4. The first-order valence-electron chi connectivity index (χ1n) is 22.4. The van der Waals surface area contributed by atoms with Crippen molar-refractivity contribution in [3.63, 3.8) is 0 Å². The first-order chi connectivity index (χ1) is 33.7. The lowest BCUT2D eigenvalue weighted by molar-refractivity contribution is 0.00578. The lowest BCUT2D eigenvalue weighted by Gasteiger charge is -2.45. The van der Waals surface area contributed by atoms with Crippen LogP contribution in [0.4, 0.5) is 4.39 Å². The van der Waals surface area contributed by atoms with Crippen LogP contribution in [0.5, 0.6) is 0 Å². The number of rotatable bonds is 14. The second-order valence-corrected chi connectivity index (χ2v) is 25.9. The first kappa shape index (κ1) is 71.7. The summed E-state index contributed by atoms with van der Waals surface area (Å²) in [6.45, 7) is 15.1. The molecule has 1 aliphatic rings. The quantitative estimate of drug-likeness (QED) is 0.0880. The molecule has 41 heteroatoms. The Kier molecular flexibility index (Phi) is 30.7. The van der Waals surface area contributed by atoms with E-state index in [0.29, 0.717) is 16.7 Å². The van der Waals surface area contributed by atoms with Crippen molar-refractivity contribution in [2.75, 3.05) is 18.8 Å². The van der Waals surface area contributed by atoms with Gasteiger partial charge in [-0.15, -0.1) is 11.8 Å². The van der Waals surface area contributed by atoms with E-state index in [1.807, 2.05) is 40.1 Å². The van der Waals surface area contributed by atoms with E-state index >= 15 is 0 Å². The van der Waals surface area contributed by atoms with Crippen molar-refractivity contribution in [3.8, 4) is 0 Å². The van der Waals surface area contributed by atoms with Gasteiger partial charge < -0.3 is 9.31 Å². The van der Waals surface area contributed by atoms with Crippen LogP contribution in [0, 0.1) is 33.6 Å². The molecule has 5 heterocycles. The molecule has 0 N–H and O–H groups in total. The molecule has 0 aliphatic carbocycles. The molecule has 1 aliphatic heterocycles. The predicted molar refractivity (Wildman–Crippen MR) is 345 cm³/mol. The smallest absolute Gasteiger partial charge is 0.399 e. The van der Waals surface area contributed by atoms with Crippen LogP contribution in [-0.2, 0) is 29.0 Å². The zero-order chi connectivity index (χ0) is 57.6. The largest absolute Gasteiger partial charge is 0.496 e. The highest BCUT2D eigenvalue weighted by Gasteiger charge is 2.52. The second kappa shape index (κ2) is 31.6. The Morgan fingerprint density at radius 3 is 1.23 bits per heavy atom. The number of hydrogen-bond acceptors (Lipinski definition) is 11. The van der Waals surface area contributed by atoms with E-state index in [9.17, 15) is 21.2 Å². The van der Waals surface area contributed by atoms with E-state index < -0.39 is 108 Å². The van der Waals surface area contributed by atoms with Crippen LogP contribution in [0.25, 0.3) is 0 Å². The number of pyridine rings is 4. The summed E-state index contributed by atoms with van der Waals surface area (Å²) in [5.74, 6) is -0.404. The van der Waals surface area contributed by atoms with Crippen LogP contribution in [0.3, 0.4) is 0 Å². The van der Waals surface area contributed by atoms with Gasteiger partial charge in [0.1, 0.15) is 0 Å². The van der Waals surface area contributed by atoms with Crippen LogP contribution in [0.1, 0.15) is 49.9 Å². The molecule has 5 rings (SSSR count). The zero-order valence-corrected chi connectivity index (χ0v) is 50.7. The molecule has 0 atom stereocenters. The van der Waals surface area contributed by atoms with Crippen LogP contribution >= 0.6 is 59.6 Å². The minimum atomic E-state index is -3.31. The van der Waals surface area contributed by atoms with Crippen LogP contribution in [0.2, 0.25) is 0 Å². The third kappa shape index (κ3) is 22.3. The van der Waals surface area contributed by atoms with Crippen molar-refractivity contribution in [3.05, 3.63) is 90.7 Å². The predicted octanol–water partition coefficient (Wildman–Crippen LogP) is -0.944. The lowest BCUT2D eigenvalue weighted by Crippen LogP contribution is -2.83. The summed E-state index contributed by atoms with van der Waals surface area (Å²) in [6.07, 6.45) is 2.54. The Bertz CT molecular complexity index is 2620. The van der Waals surface area contributed by atoms with Crippen molar-refractivity contribution in [2.24, 2.45) is 0 Å². The summed E-state index contributed by atoms with van der Waals surface area (Å²) >= 11 is 11.4. The molecule has 0 amide bonds. The van der Waals surface area contributed by atoms with E-state index in [1.165, 1.54) is 31.2 Å². The van der Waals surface area contributed by atoms with E-state index in [1.54, 1.807) is 50.7 Å². The molecule has 74 heavy (non-hydrogen) atoms. The molecule has 25 radical (unpaired) electrons. The fourth-order valence-electron chi connectivity index (χ4n) is 7.47. The summed E-state index contributed by atoms with van der Waals surface area (Å²) < 4.78 is 72.1. The highest BCUT2D eigenvalue weighted by Crippen LogP contribution is 2.36. The van der Waals surface area contributed by atoms with E-state index in [2.05, 4.69) is 80.7 Å². The molecule has 0 aromatic carbocycles. The summed E-state index contributed by atoms with van der Waals surface area (Å²) in [5.41, 5.74) is 2.91. The van der Waals surface area contributed by atoms with Gasteiger partial charge in [0.2, 0.25) is 5.95 Å².